The van der Waals surface area contributed by atoms with Gasteiger partial charge in [0, 0.05) is 12.7 Å². The van der Waals surface area contributed by atoms with Crippen LogP contribution in [-0.4, -0.2) is 58.3 Å². The van der Waals surface area contributed by atoms with Crippen molar-refractivity contribution in [3.05, 3.63) is 18.0 Å². The molecular formula is C14H18N4O3. The summed E-state index contributed by atoms with van der Waals surface area (Å²) in [6, 6.07) is 2.08. The van der Waals surface area contributed by atoms with E-state index >= 15 is 0 Å². The Morgan fingerprint density at radius 2 is 2.24 bits per heavy atom. The van der Waals surface area contributed by atoms with E-state index in [2.05, 4.69) is 10.4 Å². The maximum Gasteiger partial charge on any atom is 0.273 e. The van der Waals surface area contributed by atoms with Crippen LogP contribution in [0.1, 0.15) is 35.8 Å². The van der Waals surface area contributed by atoms with Crippen LogP contribution in [0, 0.1) is 0 Å². The van der Waals surface area contributed by atoms with Crippen molar-refractivity contribution in [1.82, 2.24) is 20.0 Å². The standard InChI is InChI=1S/C14H18N4O3/c19-12-6-17(14(7-15-12)8-21-9-14)13(20)11-4-5-16-18(11)10-2-1-3-10/h4-5,10H,1-3,6-9H2,(H,15,19). The molecule has 3 fully saturated rings. The lowest BCUT2D eigenvalue weighted by atomic mass is 9.91. The van der Waals surface area contributed by atoms with E-state index in [4.69, 9.17) is 4.74 Å². The molecule has 1 spiro atoms. The summed E-state index contributed by atoms with van der Waals surface area (Å²) in [5, 5.41) is 7.13. The normalized spacial score (nSPS) is 24.4. The van der Waals surface area contributed by atoms with Crippen LogP contribution in [-0.2, 0) is 9.53 Å². The van der Waals surface area contributed by atoms with Crippen molar-refractivity contribution in [2.75, 3.05) is 26.3 Å². The molecule has 0 radical (unpaired) electrons. The Bertz CT molecular complexity index is 589. The third-order valence-corrected chi connectivity index (χ3v) is 4.79. The molecular weight excluding hydrogens is 272 g/mol. The topological polar surface area (TPSA) is 76.5 Å². The van der Waals surface area contributed by atoms with E-state index in [9.17, 15) is 9.59 Å². The van der Waals surface area contributed by atoms with E-state index in [1.165, 1.54) is 6.42 Å². The Balaban J connectivity index is 1.63. The molecule has 0 atom stereocenters. The third-order valence-electron chi connectivity index (χ3n) is 4.79. The zero-order chi connectivity index (χ0) is 14.4. The van der Waals surface area contributed by atoms with Crippen LogP contribution in [0.15, 0.2) is 12.3 Å². The van der Waals surface area contributed by atoms with Gasteiger partial charge in [-0.3, -0.25) is 14.3 Å². The van der Waals surface area contributed by atoms with Crippen molar-refractivity contribution in [1.29, 1.82) is 0 Å². The Morgan fingerprint density at radius 3 is 2.86 bits per heavy atom. The van der Waals surface area contributed by atoms with Crippen molar-refractivity contribution in [3.63, 3.8) is 0 Å². The van der Waals surface area contributed by atoms with Gasteiger partial charge < -0.3 is 15.0 Å². The fraction of sp³-hybridized carbons (Fsp3) is 0.643. The lowest BCUT2D eigenvalue weighted by Gasteiger charge is -2.51. The van der Waals surface area contributed by atoms with Gasteiger partial charge in [0.15, 0.2) is 0 Å². The van der Waals surface area contributed by atoms with Crippen LogP contribution in [0.25, 0.3) is 0 Å². The summed E-state index contributed by atoms with van der Waals surface area (Å²) >= 11 is 0. The van der Waals surface area contributed by atoms with E-state index in [1.807, 2.05) is 4.68 Å². The van der Waals surface area contributed by atoms with Crippen LogP contribution in [0.5, 0.6) is 0 Å². The molecule has 21 heavy (non-hydrogen) atoms. The summed E-state index contributed by atoms with van der Waals surface area (Å²) < 4.78 is 7.12. The summed E-state index contributed by atoms with van der Waals surface area (Å²) in [5.41, 5.74) is 0.209. The van der Waals surface area contributed by atoms with Crippen LogP contribution in [0.2, 0.25) is 0 Å². The first-order valence-electron chi connectivity index (χ1n) is 7.40. The largest absolute Gasteiger partial charge is 0.376 e. The Hall–Kier alpha value is -1.89. The highest BCUT2D eigenvalue weighted by molar-refractivity contribution is 5.96. The second-order valence-corrected chi connectivity index (χ2v) is 6.13. The molecule has 0 aromatic carbocycles. The van der Waals surface area contributed by atoms with Gasteiger partial charge in [-0.2, -0.15) is 5.10 Å². The van der Waals surface area contributed by atoms with Gasteiger partial charge >= 0.3 is 0 Å². The SMILES string of the molecule is O=C1CN(C(=O)c2ccnn2C2CCC2)C2(CN1)COC2. The van der Waals surface area contributed by atoms with Gasteiger partial charge in [-0.25, -0.2) is 0 Å². The number of carbonyl (C=O) groups excluding carboxylic acids is 2. The molecule has 2 saturated heterocycles. The summed E-state index contributed by atoms with van der Waals surface area (Å²) in [6.07, 6.45) is 4.98. The number of carbonyl (C=O) groups is 2. The number of amides is 2. The third kappa shape index (κ3) is 1.87. The summed E-state index contributed by atoms with van der Waals surface area (Å²) in [5.74, 6) is -0.229. The first-order chi connectivity index (χ1) is 10.2. The minimum Gasteiger partial charge on any atom is -0.376 e. The fourth-order valence-electron chi connectivity index (χ4n) is 3.15. The molecule has 2 aliphatic heterocycles. The first kappa shape index (κ1) is 12.8. The van der Waals surface area contributed by atoms with Crippen molar-refractivity contribution < 1.29 is 14.3 Å². The van der Waals surface area contributed by atoms with Crippen LogP contribution in [0.4, 0.5) is 0 Å². The second kappa shape index (κ2) is 4.56. The minimum absolute atomic E-state index is 0.0953. The average Bonchev–Trinajstić information content (AvgIpc) is 2.83. The second-order valence-electron chi connectivity index (χ2n) is 6.13. The molecule has 4 rings (SSSR count). The summed E-state index contributed by atoms with van der Waals surface area (Å²) in [6.45, 7) is 1.53. The summed E-state index contributed by atoms with van der Waals surface area (Å²) in [7, 11) is 0. The lowest BCUT2D eigenvalue weighted by molar-refractivity contribution is -0.152. The van der Waals surface area contributed by atoms with E-state index < -0.39 is 0 Å². The molecule has 1 aliphatic carbocycles. The molecule has 0 bridgehead atoms. The van der Waals surface area contributed by atoms with Crippen LogP contribution in [0.3, 0.4) is 0 Å². The quantitative estimate of drug-likeness (QED) is 0.828. The van der Waals surface area contributed by atoms with Gasteiger partial charge in [0.05, 0.1) is 19.3 Å². The number of ether oxygens (including phenoxy) is 1. The number of rotatable bonds is 2. The first-order valence-corrected chi connectivity index (χ1v) is 7.40. The van der Waals surface area contributed by atoms with Gasteiger partial charge in [-0.05, 0) is 25.3 Å². The zero-order valence-electron chi connectivity index (χ0n) is 11.7. The van der Waals surface area contributed by atoms with Crippen molar-refractivity contribution in [2.45, 2.75) is 30.8 Å². The van der Waals surface area contributed by atoms with E-state index in [0.717, 1.165) is 12.8 Å². The van der Waals surface area contributed by atoms with Crippen molar-refractivity contribution >= 4 is 11.8 Å². The molecule has 1 saturated carbocycles. The van der Waals surface area contributed by atoms with Crippen molar-refractivity contribution in [2.24, 2.45) is 0 Å². The molecule has 7 heteroatoms. The summed E-state index contributed by atoms with van der Waals surface area (Å²) in [4.78, 5) is 26.3. The maximum atomic E-state index is 12.9. The molecule has 1 aromatic rings. The monoisotopic (exact) mass is 290 g/mol. The molecule has 1 aromatic heterocycles. The number of piperazine rings is 1. The molecule has 3 aliphatic rings. The maximum absolute atomic E-state index is 12.9. The molecule has 7 nitrogen and oxygen atoms in total. The van der Waals surface area contributed by atoms with Crippen molar-refractivity contribution in [3.8, 4) is 0 Å². The predicted molar refractivity (Wildman–Crippen MR) is 72.7 cm³/mol. The molecule has 112 valence electrons. The molecule has 1 N–H and O–H groups in total. The Kier molecular flexibility index (Phi) is 2.78. The van der Waals surface area contributed by atoms with Crippen LogP contribution >= 0.6 is 0 Å². The van der Waals surface area contributed by atoms with E-state index in [1.54, 1.807) is 17.2 Å². The van der Waals surface area contributed by atoms with Gasteiger partial charge in [-0.1, -0.05) is 0 Å². The van der Waals surface area contributed by atoms with E-state index in [0.29, 0.717) is 31.5 Å². The highest BCUT2D eigenvalue weighted by Gasteiger charge is 2.50. The number of hydrogen-bond acceptors (Lipinski definition) is 4. The number of aromatic nitrogens is 2. The zero-order valence-corrected chi connectivity index (χ0v) is 11.7. The van der Waals surface area contributed by atoms with Gasteiger partial charge in [0.2, 0.25) is 5.91 Å². The highest BCUT2D eigenvalue weighted by atomic mass is 16.5. The van der Waals surface area contributed by atoms with Gasteiger partial charge in [0.1, 0.15) is 17.8 Å². The molecule has 2 amide bonds. The number of nitrogens with one attached hydrogen (secondary N) is 1. The Morgan fingerprint density at radius 1 is 1.43 bits per heavy atom. The smallest absolute Gasteiger partial charge is 0.273 e. The van der Waals surface area contributed by atoms with Gasteiger partial charge in [0.25, 0.3) is 5.91 Å². The fourth-order valence-corrected chi connectivity index (χ4v) is 3.15. The average molecular weight is 290 g/mol. The number of hydrogen-bond donors (Lipinski definition) is 1. The predicted octanol–water partition coefficient (Wildman–Crippen LogP) is -0.0509. The van der Waals surface area contributed by atoms with Crippen LogP contribution < -0.4 is 5.32 Å². The minimum atomic E-state index is -0.375. The molecule has 3 heterocycles. The van der Waals surface area contributed by atoms with E-state index in [-0.39, 0.29) is 23.9 Å². The highest BCUT2D eigenvalue weighted by Crippen LogP contribution is 2.33. The van der Waals surface area contributed by atoms with Gasteiger partial charge in [-0.15, -0.1) is 0 Å². The number of nitrogens with zero attached hydrogens (tertiary/aromatic N) is 3. The lowest BCUT2D eigenvalue weighted by Crippen LogP contribution is -2.73. The Labute approximate surface area is 122 Å². The molecule has 0 unspecified atom stereocenters.